The van der Waals surface area contributed by atoms with Crippen LogP contribution in [0.4, 0.5) is 0 Å². The van der Waals surface area contributed by atoms with E-state index in [1.807, 2.05) is 0 Å². The van der Waals surface area contributed by atoms with Gasteiger partial charge < -0.3 is 0 Å². The van der Waals surface area contributed by atoms with Gasteiger partial charge in [0.1, 0.15) is 0 Å². The minimum atomic E-state index is -5.15. The van der Waals surface area contributed by atoms with Crippen LogP contribution in [-0.2, 0) is 0.571 Å². The van der Waals surface area contributed by atoms with E-state index in [-0.39, 0.29) is 29.9 Å². The van der Waals surface area contributed by atoms with Crippen molar-refractivity contribution in [2.45, 2.75) is 0 Å². The zero-order chi connectivity index (χ0) is 5.21. The van der Waals surface area contributed by atoms with Gasteiger partial charge in [0.25, 0.3) is 0 Å². The van der Waals surface area contributed by atoms with E-state index in [1.54, 1.807) is 0 Å². The molecular formula is IO4U. The molecule has 0 rings (SSSR count). The van der Waals surface area contributed by atoms with Crippen molar-refractivity contribution in [3.05, 3.63) is 0 Å². The van der Waals surface area contributed by atoms with Gasteiger partial charge in [-0.2, -0.15) is 0 Å². The van der Waals surface area contributed by atoms with E-state index in [1.165, 1.54) is 0 Å². The van der Waals surface area contributed by atoms with Crippen LogP contribution in [0.2, 0.25) is 0 Å². The van der Waals surface area contributed by atoms with Gasteiger partial charge in [0.2, 0.25) is 0 Å². The molecule has 0 aromatic rings. The quantitative estimate of drug-likeness (QED) is 0.389. The molecule has 0 radical (unpaired) electrons. The molecule has 0 unspecified atom stereocenters. The van der Waals surface area contributed by atoms with Crippen LogP contribution in [0.5, 0.6) is 0 Å². The molecule has 0 aromatic carbocycles. The van der Waals surface area contributed by atoms with E-state index >= 15 is 0 Å². The van der Waals surface area contributed by atoms with Crippen molar-refractivity contribution >= 4 is 0 Å². The van der Waals surface area contributed by atoms with Crippen molar-refractivity contribution < 1.29 is 60.9 Å². The Labute approximate surface area is 60.2 Å². The normalized spacial score (nSPS) is 12.2. The van der Waals surface area contributed by atoms with Crippen LogP contribution in [0.1, 0.15) is 0 Å². The molecule has 6 heavy (non-hydrogen) atoms. The fourth-order valence-corrected chi connectivity index (χ4v) is 0. The fourth-order valence-electron chi connectivity index (χ4n) is 0. The van der Waals surface area contributed by atoms with Crippen molar-refractivity contribution in [3.63, 3.8) is 0 Å². The summed E-state index contributed by atoms with van der Waals surface area (Å²) < 4.78 is 31.7. The SMILES string of the molecule is [O-][I+3]([O-])([O-])[O][U]. The van der Waals surface area contributed by atoms with Crippen LogP contribution >= 0.6 is 0 Å². The monoisotopic (exact) mass is 429 g/mol. The Kier molecular flexibility index (Phi) is 3.58. The van der Waals surface area contributed by atoms with Gasteiger partial charge in [-0.15, -0.1) is 0 Å². The Hall–Kier alpha value is 1.62. The maximum atomic E-state index is 9.36. The third-order valence-corrected chi connectivity index (χ3v) is 5.91. The Morgan fingerprint density at radius 2 is 1.50 bits per heavy atom. The number of hydrogen-bond donors (Lipinski definition) is 0. The molecule has 0 aliphatic heterocycles. The molecular weight excluding hydrogens is 429 g/mol. The molecule has 0 saturated heterocycles. The van der Waals surface area contributed by atoms with E-state index in [0.717, 1.165) is 0 Å². The first-order valence-corrected chi connectivity index (χ1v) is 6.04. The molecule has 0 atom stereocenters. The summed E-state index contributed by atoms with van der Waals surface area (Å²) in [7, 11) is 0. The van der Waals surface area contributed by atoms with Crippen molar-refractivity contribution in [1.82, 2.24) is 0 Å². The molecule has 0 spiro atoms. The predicted molar refractivity (Wildman–Crippen MR) is 1.08 cm³/mol. The third kappa shape index (κ3) is 5.62. The average molecular weight is 429 g/mol. The summed E-state index contributed by atoms with van der Waals surface area (Å²) >= 11 is -5.35. The summed E-state index contributed by atoms with van der Waals surface area (Å²) in [4.78, 5) is 0. The second-order valence-electron chi connectivity index (χ2n) is 0.455. The van der Waals surface area contributed by atoms with Crippen LogP contribution in [0.15, 0.2) is 0 Å². The predicted octanol–water partition coefficient (Wildman–Crippen LogP) is -6.63. The average Bonchev–Trinajstić information content (AvgIpc) is 1.35. The second-order valence-corrected chi connectivity index (χ2v) is 7.36. The summed E-state index contributed by atoms with van der Waals surface area (Å²) in [5.74, 6) is 0. The molecule has 0 aliphatic rings. The first-order chi connectivity index (χ1) is 2.56. The summed E-state index contributed by atoms with van der Waals surface area (Å²) in [5, 5.41) is 0. The van der Waals surface area contributed by atoms with Gasteiger partial charge in [0.15, 0.2) is 0 Å². The zero-order valence-corrected chi connectivity index (χ0v) is 8.83. The molecule has 0 aliphatic carbocycles. The molecule has 0 heterocycles. The second kappa shape index (κ2) is 2.82. The van der Waals surface area contributed by atoms with Crippen LogP contribution in [-0.4, -0.2) is 0 Å². The molecule has 0 fully saturated rings. The van der Waals surface area contributed by atoms with Crippen LogP contribution < -0.4 is 30.4 Å². The molecule has 0 saturated carbocycles. The van der Waals surface area contributed by atoms with Crippen LogP contribution in [0, 0.1) is 29.9 Å². The van der Waals surface area contributed by atoms with Crippen molar-refractivity contribution in [3.8, 4) is 0 Å². The van der Waals surface area contributed by atoms with Gasteiger partial charge in [-0.1, -0.05) is 0 Å². The van der Waals surface area contributed by atoms with E-state index in [9.17, 15) is 10.3 Å². The van der Waals surface area contributed by atoms with Crippen molar-refractivity contribution in [2.75, 3.05) is 0 Å². The van der Waals surface area contributed by atoms with Gasteiger partial charge in [0.05, 0.1) is 0 Å². The van der Waals surface area contributed by atoms with Gasteiger partial charge >= 0.3 is 60.9 Å². The molecule has 35 valence electrons. The number of rotatable bonds is 1. The molecule has 0 bridgehead atoms. The van der Waals surface area contributed by atoms with Gasteiger partial charge in [-0.25, -0.2) is 0 Å². The Balaban J connectivity index is 3.17. The van der Waals surface area contributed by atoms with Crippen molar-refractivity contribution in [1.29, 1.82) is 0 Å². The molecule has 0 aromatic heterocycles. The molecule has 4 nitrogen and oxygen atoms in total. The third-order valence-electron chi connectivity index (χ3n) is 0.0945. The first kappa shape index (κ1) is 7.62. The van der Waals surface area contributed by atoms with E-state index < -0.39 is 20.1 Å². The summed E-state index contributed by atoms with van der Waals surface area (Å²) in [6.45, 7) is 0. The molecule has 0 amide bonds. The maximum absolute atomic E-state index is 9.36. The Bertz CT molecular complexity index is 37.3. The van der Waals surface area contributed by atoms with Crippen LogP contribution in [0.3, 0.4) is 0 Å². The van der Waals surface area contributed by atoms with Crippen LogP contribution in [0.25, 0.3) is 0 Å². The Morgan fingerprint density at radius 3 is 1.50 bits per heavy atom. The summed E-state index contributed by atoms with van der Waals surface area (Å²) in [5.41, 5.74) is 0. The fraction of sp³-hybridized carbons (Fsp3) is 0. The van der Waals surface area contributed by atoms with E-state index in [4.69, 9.17) is 0 Å². The van der Waals surface area contributed by atoms with Gasteiger partial charge in [0, 0.05) is 0 Å². The number of halogens is 1. The van der Waals surface area contributed by atoms with E-state index in [0.29, 0.717) is 0 Å². The summed E-state index contributed by atoms with van der Waals surface area (Å²) in [6.07, 6.45) is 0. The van der Waals surface area contributed by atoms with Gasteiger partial charge in [-0.3, -0.25) is 0 Å². The topological polar surface area (TPSA) is 78.4 Å². The van der Waals surface area contributed by atoms with E-state index in [2.05, 4.69) is 0.571 Å². The number of hydrogen-bond acceptors (Lipinski definition) is 4. The van der Waals surface area contributed by atoms with Gasteiger partial charge in [-0.05, 0) is 0 Å². The molecule has 0 N–H and O–H groups in total. The summed E-state index contributed by atoms with van der Waals surface area (Å²) in [6, 6.07) is 0. The standard InChI is InChI=1S/IO4.U/c2-1(3,4)5;/q-1;+1. The zero-order valence-electron chi connectivity index (χ0n) is 2.51. The first-order valence-electron chi connectivity index (χ1n) is 0.821. The molecule has 6 heteroatoms. The van der Waals surface area contributed by atoms with Crippen molar-refractivity contribution in [2.24, 2.45) is 0 Å². The minimum absolute atomic E-state index is 0.192. The Morgan fingerprint density at radius 1 is 1.33 bits per heavy atom.